The molecule has 0 bridgehead atoms. The number of halogens is 2. The molecule has 0 radical (unpaired) electrons. The molecule has 3 aromatic heterocycles. The monoisotopic (exact) mass is 464 g/mol. The van der Waals surface area contributed by atoms with Crippen LogP contribution in [0.5, 0.6) is 0 Å². The Bertz CT molecular complexity index is 1460. The third-order valence-corrected chi connectivity index (χ3v) is 6.14. The Kier molecular flexibility index (Phi) is 5.45. The zero-order chi connectivity index (χ0) is 23.9. The van der Waals surface area contributed by atoms with E-state index >= 15 is 0 Å². The lowest BCUT2D eigenvalue weighted by molar-refractivity contribution is 0.0306. The van der Waals surface area contributed by atoms with Crippen LogP contribution in [0.3, 0.4) is 0 Å². The second-order valence-electron chi connectivity index (χ2n) is 8.18. The van der Waals surface area contributed by atoms with Gasteiger partial charge in [-0.3, -0.25) is 4.79 Å². The van der Waals surface area contributed by atoms with Crippen molar-refractivity contribution in [1.29, 1.82) is 0 Å². The molecule has 0 spiro atoms. The zero-order valence-electron chi connectivity index (χ0n) is 18.4. The van der Waals surface area contributed by atoms with Gasteiger partial charge in [-0.05, 0) is 43.0 Å². The SMILES string of the molecule is CC[C@@]1(O)CCc2ccc(-n3c4nc(Nc5ccccc5)ncc4c(=O)n3CC=C(F)F)nc21. The Morgan fingerprint density at radius 3 is 2.74 bits per heavy atom. The van der Waals surface area contributed by atoms with Crippen LogP contribution in [0.1, 0.15) is 31.0 Å². The van der Waals surface area contributed by atoms with E-state index in [1.54, 1.807) is 6.07 Å². The van der Waals surface area contributed by atoms with E-state index in [4.69, 9.17) is 0 Å². The summed E-state index contributed by atoms with van der Waals surface area (Å²) in [6, 6.07) is 12.8. The molecule has 1 atom stereocenters. The van der Waals surface area contributed by atoms with Crippen molar-refractivity contribution in [2.75, 3.05) is 5.32 Å². The molecule has 0 saturated carbocycles. The minimum Gasteiger partial charge on any atom is -0.384 e. The van der Waals surface area contributed by atoms with Crippen LogP contribution < -0.4 is 10.9 Å². The van der Waals surface area contributed by atoms with Gasteiger partial charge >= 0.3 is 0 Å². The molecule has 10 heteroatoms. The average molecular weight is 464 g/mol. The number of aromatic nitrogens is 5. The third kappa shape index (κ3) is 3.75. The van der Waals surface area contributed by atoms with Gasteiger partial charge in [0.1, 0.15) is 11.0 Å². The fourth-order valence-electron chi connectivity index (χ4n) is 4.30. The van der Waals surface area contributed by atoms with Gasteiger partial charge in [-0.1, -0.05) is 31.2 Å². The fourth-order valence-corrected chi connectivity index (χ4v) is 4.30. The van der Waals surface area contributed by atoms with Gasteiger partial charge in [-0.2, -0.15) is 13.8 Å². The number of aliphatic hydroxyl groups is 1. The quantitative estimate of drug-likeness (QED) is 0.447. The van der Waals surface area contributed by atoms with Crippen molar-refractivity contribution in [2.24, 2.45) is 0 Å². The molecule has 3 heterocycles. The van der Waals surface area contributed by atoms with E-state index in [0.29, 0.717) is 36.9 Å². The minimum atomic E-state index is -1.90. The summed E-state index contributed by atoms with van der Waals surface area (Å²) < 4.78 is 28.4. The van der Waals surface area contributed by atoms with Gasteiger partial charge < -0.3 is 10.4 Å². The van der Waals surface area contributed by atoms with Crippen LogP contribution in [-0.4, -0.2) is 29.4 Å². The second kappa shape index (κ2) is 8.45. The summed E-state index contributed by atoms with van der Waals surface area (Å²) in [4.78, 5) is 26.5. The van der Waals surface area contributed by atoms with E-state index in [1.807, 2.05) is 43.3 Å². The smallest absolute Gasteiger partial charge is 0.278 e. The van der Waals surface area contributed by atoms with Crippen LogP contribution in [0.25, 0.3) is 16.9 Å². The fraction of sp³-hybridized carbons (Fsp3) is 0.250. The molecule has 0 aliphatic heterocycles. The number of hydrogen-bond acceptors (Lipinski definition) is 6. The van der Waals surface area contributed by atoms with Crippen LogP contribution in [-0.2, 0) is 18.6 Å². The molecule has 0 fully saturated rings. The zero-order valence-corrected chi connectivity index (χ0v) is 18.4. The molecule has 5 rings (SSSR count). The van der Waals surface area contributed by atoms with Gasteiger partial charge in [0.15, 0.2) is 11.5 Å². The van der Waals surface area contributed by atoms with Crippen LogP contribution in [0.4, 0.5) is 20.4 Å². The summed E-state index contributed by atoms with van der Waals surface area (Å²) in [5.41, 5.74) is 0.843. The number of fused-ring (bicyclic) bond motifs is 2. The Labute approximate surface area is 193 Å². The topological polar surface area (TPSA) is 97.9 Å². The first kappa shape index (κ1) is 21.9. The lowest BCUT2D eigenvalue weighted by atomic mass is 9.98. The van der Waals surface area contributed by atoms with Crippen molar-refractivity contribution in [2.45, 2.75) is 38.3 Å². The van der Waals surface area contributed by atoms with Crippen LogP contribution in [0, 0.1) is 0 Å². The van der Waals surface area contributed by atoms with E-state index in [1.165, 1.54) is 10.9 Å². The molecule has 1 aliphatic rings. The van der Waals surface area contributed by atoms with Crippen molar-refractivity contribution in [3.63, 3.8) is 0 Å². The van der Waals surface area contributed by atoms with Gasteiger partial charge in [0, 0.05) is 18.0 Å². The van der Waals surface area contributed by atoms with Gasteiger partial charge in [0.2, 0.25) is 5.95 Å². The Hall–Kier alpha value is -3.92. The highest BCUT2D eigenvalue weighted by Gasteiger charge is 2.37. The summed E-state index contributed by atoms with van der Waals surface area (Å²) in [7, 11) is 0. The molecular formula is C24H22F2N6O2. The summed E-state index contributed by atoms with van der Waals surface area (Å²) in [5.74, 6) is 0.541. The second-order valence-corrected chi connectivity index (χ2v) is 8.18. The minimum absolute atomic E-state index is 0.166. The van der Waals surface area contributed by atoms with Gasteiger partial charge in [-0.15, -0.1) is 0 Å². The number of nitrogens with zero attached hydrogens (tertiary/aromatic N) is 5. The first-order valence-corrected chi connectivity index (χ1v) is 10.9. The molecule has 2 N–H and O–H groups in total. The molecule has 8 nitrogen and oxygen atoms in total. The number of allylic oxidation sites excluding steroid dienone is 1. The number of aryl methyl sites for hydroxylation is 1. The Morgan fingerprint density at radius 2 is 2.00 bits per heavy atom. The molecule has 34 heavy (non-hydrogen) atoms. The van der Waals surface area contributed by atoms with Crippen molar-refractivity contribution in [1.82, 2.24) is 24.3 Å². The number of hydrogen-bond donors (Lipinski definition) is 2. The molecule has 0 saturated heterocycles. The number of rotatable bonds is 6. The number of anilines is 2. The summed E-state index contributed by atoms with van der Waals surface area (Å²) >= 11 is 0. The average Bonchev–Trinajstić information content (AvgIpc) is 3.32. The van der Waals surface area contributed by atoms with Crippen LogP contribution in [0.2, 0.25) is 0 Å². The maximum absolute atomic E-state index is 13.1. The first-order valence-electron chi connectivity index (χ1n) is 10.9. The van der Waals surface area contributed by atoms with Gasteiger partial charge in [-0.25, -0.2) is 19.3 Å². The number of pyridine rings is 1. The highest BCUT2D eigenvalue weighted by Crippen LogP contribution is 2.38. The first-order chi connectivity index (χ1) is 16.4. The van der Waals surface area contributed by atoms with E-state index < -0.39 is 17.2 Å². The van der Waals surface area contributed by atoms with Gasteiger partial charge in [0.25, 0.3) is 11.6 Å². The summed E-state index contributed by atoms with van der Waals surface area (Å²) in [6.45, 7) is 1.50. The van der Waals surface area contributed by atoms with E-state index in [0.717, 1.165) is 15.9 Å². The van der Waals surface area contributed by atoms with Crippen molar-refractivity contribution >= 4 is 22.7 Å². The predicted molar refractivity (Wildman–Crippen MR) is 123 cm³/mol. The predicted octanol–water partition coefficient (Wildman–Crippen LogP) is 4.05. The lowest BCUT2D eigenvalue weighted by Gasteiger charge is -2.21. The molecule has 1 aliphatic carbocycles. The number of nitrogens with one attached hydrogen (secondary N) is 1. The Balaban J connectivity index is 1.71. The number of para-hydroxylation sites is 1. The molecule has 0 unspecified atom stereocenters. The molecule has 1 aromatic carbocycles. The molecular weight excluding hydrogens is 442 g/mol. The maximum Gasteiger partial charge on any atom is 0.278 e. The van der Waals surface area contributed by atoms with Gasteiger partial charge in [0.05, 0.1) is 12.2 Å². The van der Waals surface area contributed by atoms with Crippen molar-refractivity contribution in [3.8, 4) is 5.82 Å². The highest BCUT2D eigenvalue weighted by molar-refractivity contribution is 5.77. The van der Waals surface area contributed by atoms with Crippen molar-refractivity contribution < 1.29 is 13.9 Å². The standard InChI is InChI=1S/C24H22F2N6O2/c1-2-24(34)12-10-15-8-9-19(29-20(15)24)32-21-17(22(33)31(32)13-11-18(25)26)14-27-23(30-21)28-16-6-4-3-5-7-16/h3-9,11,14,34H,2,10,12-13H2,1H3,(H,27,28,30)/t24-/m1/s1. The van der Waals surface area contributed by atoms with E-state index in [2.05, 4.69) is 20.3 Å². The van der Waals surface area contributed by atoms with Crippen LogP contribution >= 0.6 is 0 Å². The Morgan fingerprint density at radius 1 is 1.21 bits per heavy atom. The maximum atomic E-state index is 13.1. The normalized spacial score (nSPS) is 17.1. The molecule has 0 amide bonds. The third-order valence-electron chi connectivity index (χ3n) is 6.14. The summed E-state index contributed by atoms with van der Waals surface area (Å²) in [6.07, 6.45) is 1.85. The number of benzene rings is 1. The van der Waals surface area contributed by atoms with Crippen LogP contribution in [0.15, 0.2) is 65.6 Å². The van der Waals surface area contributed by atoms with E-state index in [-0.39, 0.29) is 23.5 Å². The molecule has 174 valence electrons. The largest absolute Gasteiger partial charge is 0.384 e. The van der Waals surface area contributed by atoms with Crippen molar-refractivity contribution in [3.05, 3.63) is 82.4 Å². The molecule has 4 aromatic rings. The summed E-state index contributed by atoms with van der Waals surface area (Å²) in [5, 5.41) is 14.3. The van der Waals surface area contributed by atoms with E-state index in [9.17, 15) is 18.7 Å². The lowest BCUT2D eigenvalue weighted by Crippen LogP contribution is -2.25. The highest BCUT2D eigenvalue weighted by atomic mass is 19.3.